The summed E-state index contributed by atoms with van der Waals surface area (Å²) in [6, 6.07) is 16.9. The summed E-state index contributed by atoms with van der Waals surface area (Å²) in [4.78, 5) is 11.1. The van der Waals surface area contributed by atoms with E-state index in [2.05, 4.69) is 11.3 Å². The number of alkyl halides is 3. The Hall–Kier alpha value is -3.22. The van der Waals surface area contributed by atoms with Gasteiger partial charge in [0.05, 0.1) is 5.52 Å². The minimum absolute atomic E-state index is 0.308. The van der Waals surface area contributed by atoms with E-state index < -0.39 is 31.3 Å². The fourth-order valence-electron chi connectivity index (χ4n) is 2.96. The van der Waals surface area contributed by atoms with Gasteiger partial charge in [0, 0.05) is 30.3 Å². The molecular formula is C22H20F3NO3. The van der Waals surface area contributed by atoms with Gasteiger partial charge in [0.25, 0.3) is 0 Å². The molecule has 1 aromatic heterocycles. The predicted octanol–water partition coefficient (Wildman–Crippen LogP) is 5.13. The lowest BCUT2D eigenvalue weighted by molar-refractivity contribution is -0.195. The molecule has 0 bridgehead atoms. The van der Waals surface area contributed by atoms with E-state index in [-0.39, 0.29) is 0 Å². The maximum Gasteiger partial charge on any atom is 0.398 e. The molecule has 7 heteroatoms. The summed E-state index contributed by atoms with van der Waals surface area (Å²) in [7, 11) is 1.89. The van der Waals surface area contributed by atoms with Gasteiger partial charge in [-0.05, 0) is 23.8 Å². The average molecular weight is 403 g/mol. The average Bonchev–Trinajstić information content (AvgIpc) is 3.03. The van der Waals surface area contributed by atoms with Gasteiger partial charge in [-0.2, -0.15) is 13.2 Å². The van der Waals surface area contributed by atoms with Gasteiger partial charge >= 0.3 is 12.1 Å². The fraction of sp³-hybridized carbons (Fsp3) is 0.227. The van der Waals surface area contributed by atoms with Crippen molar-refractivity contribution in [1.82, 2.24) is 4.57 Å². The van der Waals surface area contributed by atoms with Crippen LogP contribution in [-0.4, -0.2) is 29.9 Å². The summed E-state index contributed by atoms with van der Waals surface area (Å²) in [6.45, 7) is 1.69. The van der Waals surface area contributed by atoms with Gasteiger partial charge in [0.1, 0.15) is 24.9 Å². The van der Waals surface area contributed by atoms with Crippen LogP contribution in [-0.2, 0) is 16.6 Å². The van der Waals surface area contributed by atoms with Crippen LogP contribution in [0.3, 0.4) is 0 Å². The van der Waals surface area contributed by atoms with Gasteiger partial charge in [0.2, 0.25) is 0 Å². The highest BCUT2D eigenvalue weighted by Crippen LogP contribution is 2.31. The van der Waals surface area contributed by atoms with Gasteiger partial charge in [-0.25, -0.2) is 4.79 Å². The fourth-order valence-corrected chi connectivity index (χ4v) is 2.96. The molecule has 0 radical (unpaired) electrons. The van der Waals surface area contributed by atoms with E-state index in [4.69, 9.17) is 4.74 Å². The Balaban J connectivity index is 1.78. The summed E-state index contributed by atoms with van der Waals surface area (Å²) in [5.74, 6) is -2.53. The van der Waals surface area contributed by atoms with Crippen LogP contribution in [0.15, 0.2) is 67.3 Å². The first kappa shape index (κ1) is 20.5. The second-order valence-corrected chi connectivity index (χ2v) is 6.56. The van der Waals surface area contributed by atoms with E-state index in [9.17, 15) is 18.0 Å². The normalized spacial score (nSPS) is 12.6. The number of carbonyl (C=O) groups excluding carboxylic acids is 1. The molecule has 0 aliphatic carbocycles. The number of rotatable bonds is 7. The van der Waals surface area contributed by atoms with Crippen molar-refractivity contribution in [2.45, 2.75) is 6.18 Å². The quantitative estimate of drug-likeness (QED) is 0.406. The lowest BCUT2D eigenvalue weighted by Crippen LogP contribution is -2.33. The molecule has 3 rings (SSSR count). The van der Waals surface area contributed by atoms with Crippen LogP contribution in [0.5, 0.6) is 5.75 Å². The number of halogens is 3. The maximum atomic E-state index is 13.2. The van der Waals surface area contributed by atoms with Crippen LogP contribution in [0.25, 0.3) is 22.2 Å². The molecule has 2 aromatic carbocycles. The first-order chi connectivity index (χ1) is 13.8. The Bertz CT molecular complexity index is 1010. The van der Waals surface area contributed by atoms with E-state index in [1.165, 1.54) is 0 Å². The molecule has 4 nitrogen and oxygen atoms in total. The highest BCUT2D eigenvalue weighted by molar-refractivity contribution is 5.88. The molecule has 0 spiro atoms. The molecule has 0 saturated heterocycles. The van der Waals surface area contributed by atoms with E-state index in [1.54, 1.807) is 18.2 Å². The van der Waals surface area contributed by atoms with Crippen molar-refractivity contribution in [3.63, 3.8) is 0 Å². The Kier molecular flexibility index (Phi) is 5.96. The van der Waals surface area contributed by atoms with E-state index in [0.29, 0.717) is 5.75 Å². The highest BCUT2D eigenvalue weighted by atomic mass is 19.4. The SMILES string of the molecule is C=CC(=O)OCC(COc1ccc2cc(-c3ccccc3)n(C)c2c1)C(F)(F)F. The zero-order chi connectivity index (χ0) is 21.0. The summed E-state index contributed by atoms with van der Waals surface area (Å²) in [5, 5.41) is 0.950. The largest absolute Gasteiger partial charge is 0.493 e. The first-order valence-electron chi connectivity index (χ1n) is 8.93. The summed E-state index contributed by atoms with van der Waals surface area (Å²) in [6.07, 6.45) is -3.74. The van der Waals surface area contributed by atoms with Gasteiger partial charge < -0.3 is 14.0 Å². The third-order valence-corrected chi connectivity index (χ3v) is 4.59. The van der Waals surface area contributed by atoms with Crippen LogP contribution >= 0.6 is 0 Å². The van der Waals surface area contributed by atoms with Crippen LogP contribution in [0, 0.1) is 5.92 Å². The topological polar surface area (TPSA) is 40.5 Å². The number of benzene rings is 2. The number of aromatic nitrogens is 1. The van der Waals surface area contributed by atoms with Crippen molar-refractivity contribution in [3.8, 4) is 17.0 Å². The van der Waals surface area contributed by atoms with Crippen LogP contribution in [0.4, 0.5) is 13.2 Å². The number of ether oxygens (including phenoxy) is 2. The van der Waals surface area contributed by atoms with Crippen LogP contribution in [0.2, 0.25) is 0 Å². The minimum Gasteiger partial charge on any atom is -0.493 e. The number of esters is 1. The predicted molar refractivity (Wildman–Crippen MR) is 105 cm³/mol. The molecule has 0 N–H and O–H groups in total. The molecule has 0 aliphatic heterocycles. The lowest BCUT2D eigenvalue weighted by atomic mass is 10.1. The van der Waals surface area contributed by atoms with Crippen LogP contribution < -0.4 is 4.74 Å². The molecule has 0 amide bonds. The van der Waals surface area contributed by atoms with Crippen molar-refractivity contribution in [2.75, 3.05) is 13.2 Å². The molecule has 29 heavy (non-hydrogen) atoms. The summed E-state index contributed by atoms with van der Waals surface area (Å²) < 4.78 is 51.5. The maximum absolute atomic E-state index is 13.2. The molecular weight excluding hydrogens is 383 g/mol. The smallest absolute Gasteiger partial charge is 0.398 e. The van der Waals surface area contributed by atoms with E-state index >= 15 is 0 Å². The molecule has 0 saturated carbocycles. The van der Waals surface area contributed by atoms with Gasteiger partial charge in [0.15, 0.2) is 0 Å². The second-order valence-electron chi connectivity index (χ2n) is 6.56. The Morgan fingerprint density at radius 2 is 1.86 bits per heavy atom. The highest BCUT2D eigenvalue weighted by Gasteiger charge is 2.41. The lowest BCUT2D eigenvalue weighted by Gasteiger charge is -2.20. The number of fused-ring (bicyclic) bond motifs is 1. The standard InChI is InChI=1S/C22H20F3NO3/c1-3-21(27)29-14-17(22(23,24)25)13-28-18-10-9-16-11-19(26(2)20(16)12-18)15-7-5-4-6-8-15/h3-12,17H,1,13-14H2,2H3. The number of hydrogen-bond donors (Lipinski definition) is 0. The third kappa shape index (κ3) is 4.80. The molecule has 3 aromatic rings. The van der Waals surface area contributed by atoms with Crippen molar-refractivity contribution in [2.24, 2.45) is 13.0 Å². The molecule has 1 atom stereocenters. The Morgan fingerprint density at radius 3 is 2.52 bits per heavy atom. The zero-order valence-electron chi connectivity index (χ0n) is 15.8. The second kappa shape index (κ2) is 8.43. The van der Waals surface area contributed by atoms with Gasteiger partial charge in [-0.1, -0.05) is 36.9 Å². The summed E-state index contributed by atoms with van der Waals surface area (Å²) >= 11 is 0. The van der Waals surface area contributed by atoms with Gasteiger partial charge in [-0.3, -0.25) is 0 Å². The number of hydrogen-bond acceptors (Lipinski definition) is 3. The molecule has 0 aliphatic rings. The third-order valence-electron chi connectivity index (χ3n) is 4.59. The number of nitrogens with zero attached hydrogens (tertiary/aromatic N) is 1. The molecule has 1 heterocycles. The molecule has 0 fully saturated rings. The molecule has 152 valence electrons. The van der Waals surface area contributed by atoms with E-state index in [1.807, 2.05) is 48.0 Å². The van der Waals surface area contributed by atoms with Crippen molar-refractivity contribution >= 4 is 16.9 Å². The monoisotopic (exact) mass is 403 g/mol. The van der Waals surface area contributed by atoms with Crippen molar-refractivity contribution in [3.05, 3.63) is 67.3 Å². The first-order valence-corrected chi connectivity index (χ1v) is 8.93. The van der Waals surface area contributed by atoms with Crippen molar-refractivity contribution in [1.29, 1.82) is 0 Å². The summed E-state index contributed by atoms with van der Waals surface area (Å²) in [5.41, 5.74) is 2.86. The zero-order valence-corrected chi connectivity index (χ0v) is 15.8. The van der Waals surface area contributed by atoms with E-state index in [0.717, 1.165) is 28.2 Å². The molecule has 1 unspecified atom stereocenters. The van der Waals surface area contributed by atoms with Crippen LogP contribution in [0.1, 0.15) is 0 Å². The Morgan fingerprint density at radius 1 is 1.14 bits per heavy atom. The van der Waals surface area contributed by atoms with Gasteiger partial charge in [-0.15, -0.1) is 0 Å². The number of carbonyl (C=O) groups is 1. The number of aryl methyl sites for hydroxylation is 1. The van der Waals surface area contributed by atoms with Crippen molar-refractivity contribution < 1.29 is 27.4 Å². The minimum atomic E-state index is -4.56. The Labute approximate surface area is 166 Å².